The minimum absolute atomic E-state index is 0.0968. The first-order valence-corrected chi connectivity index (χ1v) is 5.39. The Morgan fingerprint density at radius 3 is 2.57 bits per heavy atom. The highest BCUT2D eigenvalue weighted by Gasteiger charge is 2.48. The van der Waals surface area contributed by atoms with Crippen LogP contribution in [-0.2, 0) is 9.47 Å². The van der Waals surface area contributed by atoms with Crippen molar-refractivity contribution in [3.63, 3.8) is 0 Å². The monoisotopic (exact) mass is 202 g/mol. The van der Waals surface area contributed by atoms with Crippen molar-refractivity contribution in [1.29, 1.82) is 0 Å². The van der Waals surface area contributed by atoms with Crippen LogP contribution in [-0.4, -0.2) is 36.6 Å². The van der Waals surface area contributed by atoms with Gasteiger partial charge in [0.05, 0.1) is 24.9 Å². The van der Waals surface area contributed by atoms with Gasteiger partial charge in [-0.25, -0.2) is 0 Å². The van der Waals surface area contributed by atoms with Crippen LogP contribution in [0.2, 0.25) is 0 Å². The first-order chi connectivity index (χ1) is 6.48. The van der Waals surface area contributed by atoms with Gasteiger partial charge in [0, 0.05) is 18.4 Å². The summed E-state index contributed by atoms with van der Waals surface area (Å²) in [5.74, 6) is 0. The highest BCUT2D eigenvalue weighted by atomic mass is 16.5. The van der Waals surface area contributed by atoms with Crippen LogP contribution in [0.5, 0.6) is 0 Å². The lowest BCUT2D eigenvalue weighted by molar-refractivity contribution is -0.198. The second-order valence-corrected chi connectivity index (χ2v) is 4.67. The fourth-order valence-corrected chi connectivity index (χ4v) is 1.70. The van der Waals surface area contributed by atoms with Crippen LogP contribution in [0.1, 0.15) is 34.1 Å². The average Bonchev–Trinajstić information content (AvgIpc) is 2.14. The zero-order valence-corrected chi connectivity index (χ0v) is 9.62. The molecule has 3 nitrogen and oxygen atoms in total. The summed E-state index contributed by atoms with van der Waals surface area (Å²) < 4.78 is 11.1. The molecule has 0 radical (unpaired) electrons. The maximum Gasteiger partial charge on any atom is 0.0784 e. The van der Waals surface area contributed by atoms with E-state index < -0.39 is 0 Å². The number of ether oxygens (including phenoxy) is 2. The van der Waals surface area contributed by atoms with Gasteiger partial charge in [-0.3, -0.25) is 0 Å². The van der Waals surface area contributed by atoms with Gasteiger partial charge >= 0.3 is 0 Å². The molecule has 0 aliphatic heterocycles. The van der Waals surface area contributed by atoms with Gasteiger partial charge in [0.15, 0.2) is 0 Å². The summed E-state index contributed by atoms with van der Waals surface area (Å²) in [5.41, 5.74) is -0.0968. The molecule has 1 fully saturated rings. The minimum Gasteiger partial charge on any atom is -0.392 e. The Hall–Kier alpha value is -0.120. The molecule has 0 amide bonds. The molecular weight excluding hydrogens is 180 g/mol. The molecule has 1 aliphatic rings. The van der Waals surface area contributed by atoms with Gasteiger partial charge in [-0.05, 0) is 13.8 Å². The highest BCUT2D eigenvalue weighted by Crippen LogP contribution is 2.43. The number of aliphatic hydroxyl groups excluding tert-OH is 1. The maximum atomic E-state index is 9.52. The van der Waals surface area contributed by atoms with E-state index in [9.17, 15) is 5.11 Å². The molecule has 84 valence electrons. The van der Waals surface area contributed by atoms with E-state index in [1.165, 1.54) is 0 Å². The first-order valence-electron chi connectivity index (χ1n) is 5.39. The van der Waals surface area contributed by atoms with E-state index in [0.717, 1.165) is 13.0 Å². The zero-order chi connectivity index (χ0) is 10.8. The van der Waals surface area contributed by atoms with Gasteiger partial charge in [0.1, 0.15) is 0 Å². The molecule has 1 N–H and O–H groups in total. The summed E-state index contributed by atoms with van der Waals surface area (Å²) in [4.78, 5) is 0. The van der Waals surface area contributed by atoms with Crippen LogP contribution in [0, 0.1) is 5.41 Å². The molecule has 0 aromatic heterocycles. The zero-order valence-electron chi connectivity index (χ0n) is 9.62. The molecule has 0 aromatic rings. The average molecular weight is 202 g/mol. The SMILES string of the molecule is CCOCC(C)OC1CC(O)C1(C)C. The van der Waals surface area contributed by atoms with Crippen molar-refractivity contribution in [2.75, 3.05) is 13.2 Å². The maximum absolute atomic E-state index is 9.52. The van der Waals surface area contributed by atoms with E-state index in [1.54, 1.807) is 0 Å². The van der Waals surface area contributed by atoms with Crippen molar-refractivity contribution < 1.29 is 14.6 Å². The predicted octanol–water partition coefficient (Wildman–Crippen LogP) is 1.59. The third-order valence-corrected chi connectivity index (χ3v) is 3.08. The van der Waals surface area contributed by atoms with E-state index in [1.807, 2.05) is 27.7 Å². The van der Waals surface area contributed by atoms with Gasteiger partial charge < -0.3 is 14.6 Å². The fourth-order valence-electron chi connectivity index (χ4n) is 1.70. The van der Waals surface area contributed by atoms with Crippen LogP contribution in [0.25, 0.3) is 0 Å². The first kappa shape index (κ1) is 12.0. The largest absolute Gasteiger partial charge is 0.392 e. The van der Waals surface area contributed by atoms with Crippen molar-refractivity contribution in [1.82, 2.24) is 0 Å². The van der Waals surface area contributed by atoms with Gasteiger partial charge in [0.25, 0.3) is 0 Å². The van der Waals surface area contributed by atoms with Gasteiger partial charge in [-0.2, -0.15) is 0 Å². The van der Waals surface area contributed by atoms with Crippen LogP contribution < -0.4 is 0 Å². The molecule has 3 heteroatoms. The summed E-state index contributed by atoms with van der Waals surface area (Å²) in [6, 6.07) is 0. The fraction of sp³-hybridized carbons (Fsp3) is 1.00. The second kappa shape index (κ2) is 4.60. The van der Waals surface area contributed by atoms with Crippen molar-refractivity contribution in [2.45, 2.75) is 52.4 Å². The molecule has 3 unspecified atom stereocenters. The summed E-state index contributed by atoms with van der Waals surface area (Å²) in [6.45, 7) is 9.43. The van der Waals surface area contributed by atoms with Crippen molar-refractivity contribution in [2.24, 2.45) is 5.41 Å². The smallest absolute Gasteiger partial charge is 0.0784 e. The molecule has 0 aromatic carbocycles. The summed E-state index contributed by atoms with van der Waals surface area (Å²) in [5, 5.41) is 9.52. The quantitative estimate of drug-likeness (QED) is 0.735. The third-order valence-electron chi connectivity index (χ3n) is 3.08. The molecule has 3 atom stereocenters. The van der Waals surface area contributed by atoms with E-state index in [0.29, 0.717) is 6.61 Å². The molecule has 1 rings (SSSR count). The van der Waals surface area contributed by atoms with Crippen molar-refractivity contribution >= 4 is 0 Å². The number of rotatable bonds is 5. The molecule has 14 heavy (non-hydrogen) atoms. The third kappa shape index (κ3) is 2.47. The Balaban J connectivity index is 2.25. The second-order valence-electron chi connectivity index (χ2n) is 4.67. The van der Waals surface area contributed by atoms with Gasteiger partial charge in [0.2, 0.25) is 0 Å². The predicted molar refractivity (Wildman–Crippen MR) is 55.2 cm³/mol. The molecule has 0 heterocycles. The van der Waals surface area contributed by atoms with E-state index >= 15 is 0 Å². The topological polar surface area (TPSA) is 38.7 Å². The molecule has 0 bridgehead atoms. The van der Waals surface area contributed by atoms with Crippen LogP contribution in [0.4, 0.5) is 0 Å². The normalized spacial score (nSPS) is 32.4. The summed E-state index contributed by atoms with van der Waals surface area (Å²) in [7, 11) is 0. The van der Waals surface area contributed by atoms with Crippen molar-refractivity contribution in [3.8, 4) is 0 Å². The molecule has 0 spiro atoms. The van der Waals surface area contributed by atoms with Crippen LogP contribution in [0.15, 0.2) is 0 Å². The molecule has 1 saturated carbocycles. The van der Waals surface area contributed by atoms with E-state index in [2.05, 4.69) is 0 Å². The highest BCUT2D eigenvalue weighted by molar-refractivity contribution is 4.98. The van der Waals surface area contributed by atoms with E-state index in [-0.39, 0.29) is 23.7 Å². The Morgan fingerprint density at radius 1 is 1.50 bits per heavy atom. The minimum atomic E-state index is -0.216. The van der Waals surface area contributed by atoms with Crippen LogP contribution >= 0.6 is 0 Å². The Morgan fingerprint density at radius 2 is 2.14 bits per heavy atom. The van der Waals surface area contributed by atoms with Gasteiger partial charge in [-0.1, -0.05) is 13.8 Å². The molecule has 1 aliphatic carbocycles. The molecule has 0 saturated heterocycles. The van der Waals surface area contributed by atoms with Crippen LogP contribution in [0.3, 0.4) is 0 Å². The van der Waals surface area contributed by atoms with E-state index in [4.69, 9.17) is 9.47 Å². The Labute approximate surface area is 86.4 Å². The lowest BCUT2D eigenvalue weighted by Gasteiger charge is -2.49. The van der Waals surface area contributed by atoms with Gasteiger partial charge in [-0.15, -0.1) is 0 Å². The number of hydrogen-bond acceptors (Lipinski definition) is 3. The standard InChI is InChI=1S/C11H22O3/c1-5-13-7-8(2)14-10-6-9(12)11(10,3)4/h8-10,12H,5-7H2,1-4H3. The summed E-state index contributed by atoms with van der Waals surface area (Å²) in [6.07, 6.45) is 0.829. The van der Waals surface area contributed by atoms with Crippen molar-refractivity contribution in [3.05, 3.63) is 0 Å². The Bertz CT molecular complexity index is 179. The number of hydrogen-bond donors (Lipinski definition) is 1. The lowest BCUT2D eigenvalue weighted by Crippen LogP contribution is -2.55. The molecular formula is C11H22O3. The Kier molecular flexibility index (Phi) is 3.93. The number of aliphatic hydroxyl groups is 1. The summed E-state index contributed by atoms with van der Waals surface area (Å²) >= 11 is 0. The lowest BCUT2D eigenvalue weighted by atomic mass is 9.66.